The first kappa shape index (κ1) is 16.4. The number of aromatic hydroxyl groups is 1. The van der Waals surface area contributed by atoms with Crippen molar-refractivity contribution < 1.29 is 9.84 Å². The molecule has 0 saturated carbocycles. The van der Waals surface area contributed by atoms with Gasteiger partial charge in [-0.2, -0.15) is 15.3 Å². The molecule has 0 aliphatic carbocycles. The molecule has 8 heteroatoms. The van der Waals surface area contributed by atoms with E-state index in [-0.39, 0.29) is 16.6 Å². The van der Waals surface area contributed by atoms with Crippen LogP contribution in [0.2, 0.25) is 0 Å². The summed E-state index contributed by atoms with van der Waals surface area (Å²) in [5, 5.41) is 22.2. The average molecular weight is 329 g/mol. The average Bonchev–Trinajstić information content (AvgIpc) is 2.55. The van der Waals surface area contributed by atoms with Crippen LogP contribution in [-0.4, -0.2) is 23.5 Å². The highest BCUT2D eigenvalue weighted by Crippen LogP contribution is 2.34. The van der Waals surface area contributed by atoms with Crippen molar-refractivity contribution in [2.45, 2.75) is 0 Å². The number of ether oxygens (including phenoxy) is 1. The summed E-state index contributed by atoms with van der Waals surface area (Å²) in [7, 11) is 1.45. The molecule has 0 heterocycles. The molecule has 2 rings (SSSR count). The van der Waals surface area contributed by atoms with Crippen LogP contribution in [0.4, 0.5) is 11.4 Å². The van der Waals surface area contributed by atoms with E-state index in [4.69, 9.17) is 10.5 Å². The summed E-state index contributed by atoms with van der Waals surface area (Å²) in [5.41, 5.74) is 9.28. The molecule has 0 aromatic heterocycles. The van der Waals surface area contributed by atoms with Crippen LogP contribution in [0.5, 0.6) is 11.5 Å². The molecule has 23 heavy (non-hydrogen) atoms. The number of hydrogen-bond acceptors (Lipinski definition) is 6. The van der Waals surface area contributed by atoms with Gasteiger partial charge in [0.25, 0.3) is 0 Å². The number of nitrogens with two attached hydrogens (primary N) is 1. The quantitative estimate of drug-likeness (QED) is 0.338. The first-order valence-corrected chi connectivity index (χ1v) is 6.97. The van der Waals surface area contributed by atoms with Gasteiger partial charge in [-0.05, 0) is 30.4 Å². The number of rotatable bonds is 5. The molecule has 0 saturated heterocycles. The molecule has 4 N–H and O–H groups in total. The lowest BCUT2D eigenvalue weighted by atomic mass is 10.2. The Morgan fingerprint density at radius 3 is 2.57 bits per heavy atom. The highest BCUT2D eigenvalue weighted by atomic mass is 32.1. The van der Waals surface area contributed by atoms with E-state index in [1.165, 1.54) is 13.3 Å². The van der Waals surface area contributed by atoms with E-state index in [1.807, 2.05) is 30.3 Å². The van der Waals surface area contributed by atoms with Crippen molar-refractivity contribution in [3.8, 4) is 11.5 Å². The second-order valence-electron chi connectivity index (χ2n) is 4.36. The Labute approximate surface area is 138 Å². The van der Waals surface area contributed by atoms with Gasteiger partial charge in [0.1, 0.15) is 0 Å². The van der Waals surface area contributed by atoms with Gasteiger partial charge in [-0.15, -0.1) is 0 Å². The maximum absolute atomic E-state index is 10.1. The van der Waals surface area contributed by atoms with Crippen LogP contribution < -0.4 is 15.9 Å². The zero-order valence-electron chi connectivity index (χ0n) is 12.3. The van der Waals surface area contributed by atoms with Gasteiger partial charge in [0, 0.05) is 11.6 Å². The van der Waals surface area contributed by atoms with E-state index in [0.717, 1.165) is 0 Å². The molecule has 0 aliphatic heterocycles. The third-order valence-corrected chi connectivity index (χ3v) is 2.82. The van der Waals surface area contributed by atoms with Crippen molar-refractivity contribution in [3.63, 3.8) is 0 Å². The molecule has 0 spiro atoms. The Bertz CT molecular complexity index is 747. The Kier molecular flexibility index (Phi) is 5.59. The number of methoxy groups -OCH3 is 1. The molecule has 0 amide bonds. The number of nitrogens with one attached hydrogen (secondary N) is 1. The van der Waals surface area contributed by atoms with Crippen LogP contribution in [0.25, 0.3) is 0 Å². The maximum Gasteiger partial charge on any atom is 0.184 e. The van der Waals surface area contributed by atoms with Crippen LogP contribution in [-0.2, 0) is 0 Å². The lowest BCUT2D eigenvalue weighted by Gasteiger charge is -2.07. The zero-order valence-corrected chi connectivity index (χ0v) is 13.1. The first-order chi connectivity index (χ1) is 11.1. The number of phenols is 1. The molecule has 2 aromatic carbocycles. The lowest BCUT2D eigenvalue weighted by Crippen LogP contribution is -2.23. The Balaban J connectivity index is 2.31. The molecule has 0 aliphatic rings. The van der Waals surface area contributed by atoms with Crippen LogP contribution in [0.3, 0.4) is 0 Å². The number of nitrogens with zero attached hydrogens (tertiary/aromatic N) is 3. The number of phenolic OH excluding ortho intramolecular Hbond substituents is 1. The molecule has 0 atom stereocenters. The summed E-state index contributed by atoms with van der Waals surface area (Å²) in [5.74, 6) is 0.186. The largest absolute Gasteiger partial charge is 0.504 e. The molecule has 2 aromatic rings. The molecule has 118 valence electrons. The highest BCUT2D eigenvalue weighted by Gasteiger charge is 2.09. The number of hydrogen-bond donors (Lipinski definition) is 3. The summed E-state index contributed by atoms with van der Waals surface area (Å²) >= 11 is 4.65. The second-order valence-corrected chi connectivity index (χ2v) is 4.80. The van der Waals surface area contributed by atoms with Crippen molar-refractivity contribution in [2.24, 2.45) is 21.1 Å². The fraction of sp³-hybridized carbons (Fsp3) is 0.0667. The van der Waals surface area contributed by atoms with Crippen molar-refractivity contribution in [3.05, 3.63) is 48.0 Å². The predicted molar refractivity (Wildman–Crippen MR) is 92.8 cm³/mol. The van der Waals surface area contributed by atoms with Crippen molar-refractivity contribution in [1.29, 1.82) is 0 Å². The molecular weight excluding hydrogens is 314 g/mol. The standard InChI is InChI=1S/C15H15N5O2S/c1-22-13-8-12(19-18-11-5-3-2-4-6-11)7-10(14(13)21)9-17-20-15(16)23/h2-9,21H,1H3,(H3,16,20,23). The van der Waals surface area contributed by atoms with Crippen molar-refractivity contribution in [1.82, 2.24) is 5.43 Å². The fourth-order valence-corrected chi connectivity index (χ4v) is 1.75. The molecule has 0 bridgehead atoms. The normalized spacial score (nSPS) is 11.0. The van der Waals surface area contributed by atoms with Gasteiger partial charge in [-0.25, -0.2) is 0 Å². The third kappa shape index (κ3) is 4.75. The van der Waals surface area contributed by atoms with Gasteiger partial charge in [-0.3, -0.25) is 5.43 Å². The first-order valence-electron chi connectivity index (χ1n) is 6.56. The van der Waals surface area contributed by atoms with Crippen LogP contribution in [0, 0.1) is 0 Å². The van der Waals surface area contributed by atoms with Gasteiger partial charge in [-0.1, -0.05) is 18.2 Å². The minimum absolute atomic E-state index is 0.0209. The third-order valence-electron chi connectivity index (χ3n) is 2.72. The number of azo groups is 1. The minimum atomic E-state index is -0.0698. The van der Waals surface area contributed by atoms with Gasteiger partial charge in [0.2, 0.25) is 0 Å². The summed E-state index contributed by atoms with van der Waals surface area (Å²) in [6, 6.07) is 12.5. The lowest BCUT2D eigenvalue weighted by molar-refractivity contribution is 0.373. The Morgan fingerprint density at radius 2 is 1.91 bits per heavy atom. The van der Waals surface area contributed by atoms with Gasteiger partial charge in [0.05, 0.1) is 24.7 Å². The van der Waals surface area contributed by atoms with E-state index < -0.39 is 0 Å². The molecule has 0 radical (unpaired) electrons. The molecule has 7 nitrogen and oxygen atoms in total. The smallest absolute Gasteiger partial charge is 0.184 e. The summed E-state index contributed by atoms with van der Waals surface area (Å²) < 4.78 is 5.12. The monoisotopic (exact) mass is 329 g/mol. The van der Waals surface area contributed by atoms with Gasteiger partial charge < -0.3 is 15.6 Å². The fourth-order valence-electron chi connectivity index (χ4n) is 1.70. The van der Waals surface area contributed by atoms with Crippen LogP contribution in [0.1, 0.15) is 5.56 Å². The topological polar surface area (TPSA) is 105 Å². The predicted octanol–water partition coefficient (Wildman–Crippen LogP) is 2.98. The Hall–Kier alpha value is -3.00. The van der Waals surface area contributed by atoms with Crippen LogP contribution >= 0.6 is 12.2 Å². The summed E-state index contributed by atoms with van der Waals surface area (Å²) in [6.07, 6.45) is 1.36. The van der Waals surface area contributed by atoms with Crippen molar-refractivity contribution in [2.75, 3.05) is 7.11 Å². The number of hydrazone groups is 1. The van der Waals surface area contributed by atoms with Gasteiger partial charge >= 0.3 is 0 Å². The number of benzene rings is 2. The van der Waals surface area contributed by atoms with E-state index in [2.05, 4.69) is 33.0 Å². The second kappa shape index (κ2) is 7.85. The number of thiocarbonyl (C=S) groups is 1. The maximum atomic E-state index is 10.1. The SMILES string of the molecule is COc1cc(N=Nc2ccccc2)cc(C=NNC(N)=S)c1O. The van der Waals surface area contributed by atoms with E-state index >= 15 is 0 Å². The minimum Gasteiger partial charge on any atom is -0.504 e. The van der Waals surface area contributed by atoms with E-state index in [0.29, 0.717) is 16.9 Å². The summed E-state index contributed by atoms with van der Waals surface area (Å²) in [6.45, 7) is 0. The molecule has 0 fully saturated rings. The van der Waals surface area contributed by atoms with Crippen LogP contribution in [0.15, 0.2) is 57.8 Å². The summed E-state index contributed by atoms with van der Waals surface area (Å²) in [4.78, 5) is 0. The molecule has 0 unspecified atom stereocenters. The molecular formula is C15H15N5O2S. The van der Waals surface area contributed by atoms with Gasteiger partial charge in [0.15, 0.2) is 16.6 Å². The zero-order chi connectivity index (χ0) is 16.7. The van der Waals surface area contributed by atoms with E-state index in [1.54, 1.807) is 12.1 Å². The van der Waals surface area contributed by atoms with Crippen molar-refractivity contribution >= 4 is 34.9 Å². The highest BCUT2D eigenvalue weighted by molar-refractivity contribution is 7.80. The Morgan fingerprint density at radius 1 is 1.22 bits per heavy atom. The van der Waals surface area contributed by atoms with E-state index in [9.17, 15) is 5.11 Å².